The highest BCUT2D eigenvalue weighted by atomic mass is 32.2. The van der Waals surface area contributed by atoms with Crippen molar-refractivity contribution in [2.75, 3.05) is 0 Å². The topological polar surface area (TPSA) is 43.6 Å². The molecule has 0 fully saturated rings. The van der Waals surface area contributed by atoms with Crippen molar-refractivity contribution in [3.05, 3.63) is 90.0 Å². The van der Waals surface area contributed by atoms with Crippen molar-refractivity contribution < 1.29 is 4.39 Å². The van der Waals surface area contributed by atoms with Gasteiger partial charge < -0.3 is 0 Å². The van der Waals surface area contributed by atoms with Crippen LogP contribution in [0.25, 0.3) is 17.1 Å². The van der Waals surface area contributed by atoms with Gasteiger partial charge in [0, 0.05) is 23.8 Å². The predicted molar refractivity (Wildman–Crippen MR) is 105 cm³/mol. The Labute approximate surface area is 161 Å². The minimum Gasteiger partial charge on any atom is -0.270 e. The summed E-state index contributed by atoms with van der Waals surface area (Å²) >= 11 is 1.55. The molecule has 0 N–H and O–H groups in total. The van der Waals surface area contributed by atoms with E-state index in [1.54, 1.807) is 36.2 Å². The Morgan fingerprint density at radius 3 is 2.52 bits per heavy atom. The van der Waals surface area contributed by atoms with Crippen LogP contribution in [0.4, 0.5) is 4.39 Å². The fourth-order valence-corrected chi connectivity index (χ4v) is 3.62. The quantitative estimate of drug-likeness (QED) is 0.456. The third-order valence-electron chi connectivity index (χ3n) is 4.13. The van der Waals surface area contributed by atoms with Gasteiger partial charge in [0.1, 0.15) is 5.82 Å². The molecule has 27 heavy (non-hydrogen) atoms. The van der Waals surface area contributed by atoms with Crippen LogP contribution >= 0.6 is 11.8 Å². The molecule has 4 nitrogen and oxygen atoms in total. The minimum atomic E-state index is -0.318. The summed E-state index contributed by atoms with van der Waals surface area (Å²) in [6, 6.07) is 18.6. The molecular formula is C21H17FN4S. The van der Waals surface area contributed by atoms with Gasteiger partial charge in [-0.25, -0.2) is 4.39 Å². The van der Waals surface area contributed by atoms with E-state index >= 15 is 0 Å². The predicted octanol–water partition coefficient (Wildman–Crippen LogP) is 5.07. The van der Waals surface area contributed by atoms with E-state index in [1.807, 2.05) is 54.1 Å². The van der Waals surface area contributed by atoms with Gasteiger partial charge in [-0.15, -0.1) is 10.2 Å². The van der Waals surface area contributed by atoms with Crippen LogP contribution in [-0.2, 0) is 5.75 Å². The van der Waals surface area contributed by atoms with E-state index in [0.29, 0.717) is 22.3 Å². The summed E-state index contributed by atoms with van der Waals surface area (Å²) in [5.41, 5.74) is 3.58. The molecule has 4 rings (SSSR count). The van der Waals surface area contributed by atoms with Crippen molar-refractivity contribution in [1.29, 1.82) is 0 Å². The Morgan fingerprint density at radius 2 is 1.78 bits per heavy atom. The smallest absolute Gasteiger partial charge is 0.196 e. The number of rotatable bonds is 5. The second kappa shape index (κ2) is 7.72. The van der Waals surface area contributed by atoms with Gasteiger partial charge in [0.05, 0.1) is 5.56 Å². The number of aromatic nitrogens is 4. The van der Waals surface area contributed by atoms with Gasteiger partial charge in [-0.05, 0) is 42.8 Å². The molecule has 2 heterocycles. The molecular weight excluding hydrogens is 359 g/mol. The van der Waals surface area contributed by atoms with E-state index in [9.17, 15) is 4.39 Å². The molecule has 0 saturated heterocycles. The normalized spacial score (nSPS) is 10.9. The number of aryl methyl sites for hydroxylation is 1. The molecule has 0 amide bonds. The maximum Gasteiger partial charge on any atom is 0.196 e. The lowest BCUT2D eigenvalue weighted by Gasteiger charge is -2.11. The van der Waals surface area contributed by atoms with Crippen molar-refractivity contribution in [1.82, 2.24) is 19.7 Å². The molecule has 0 bridgehead atoms. The second-order valence-corrected chi connectivity index (χ2v) is 7.05. The average molecular weight is 376 g/mol. The van der Waals surface area contributed by atoms with E-state index in [1.165, 1.54) is 6.07 Å². The average Bonchev–Trinajstić information content (AvgIpc) is 3.12. The maximum absolute atomic E-state index is 14.4. The number of thioether (sulfide) groups is 1. The monoisotopic (exact) mass is 376 g/mol. The number of hydrogen-bond donors (Lipinski definition) is 0. The summed E-state index contributed by atoms with van der Waals surface area (Å²) in [6.07, 6.45) is 3.58. The molecule has 134 valence electrons. The molecule has 0 aliphatic carbocycles. The van der Waals surface area contributed by atoms with Gasteiger partial charge >= 0.3 is 0 Å². The Balaban J connectivity index is 1.77. The zero-order valence-corrected chi connectivity index (χ0v) is 15.5. The number of hydrogen-bond acceptors (Lipinski definition) is 4. The number of pyridine rings is 1. The highest BCUT2D eigenvalue weighted by Crippen LogP contribution is 2.30. The van der Waals surface area contributed by atoms with Gasteiger partial charge in [-0.3, -0.25) is 9.55 Å². The molecule has 0 aliphatic rings. The lowest BCUT2D eigenvalue weighted by Crippen LogP contribution is -2.01. The fraction of sp³-hybridized carbons (Fsp3) is 0.0952. The van der Waals surface area contributed by atoms with Crippen LogP contribution in [-0.4, -0.2) is 19.7 Å². The minimum absolute atomic E-state index is 0.318. The van der Waals surface area contributed by atoms with Gasteiger partial charge in [0.15, 0.2) is 11.0 Å². The summed E-state index contributed by atoms with van der Waals surface area (Å²) < 4.78 is 16.3. The van der Waals surface area contributed by atoms with Gasteiger partial charge in [-0.2, -0.15) is 0 Å². The van der Waals surface area contributed by atoms with Crippen LogP contribution in [0.5, 0.6) is 0 Å². The lowest BCUT2D eigenvalue weighted by molar-refractivity contribution is 0.629. The zero-order chi connectivity index (χ0) is 18.6. The van der Waals surface area contributed by atoms with Crippen molar-refractivity contribution in [2.45, 2.75) is 17.8 Å². The van der Waals surface area contributed by atoms with E-state index in [0.717, 1.165) is 16.8 Å². The van der Waals surface area contributed by atoms with Gasteiger partial charge in [0.2, 0.25) is 0 Å². The maximum atomic E-state index is 14.4. The van der Waals surface area contributed by atoms with E-state index in [2.05, 4.69) is 15.2 Å². The first-order chi connectivity index (χ1) is 13.2. The van der Waals surface area contributed by atoms with Gasteiger partial charge in [0.25, 0.3) is 0 Å². The van der Waals surface area contributed by atoms with E-state index in [-0.39, 0.29) is 5.82 Å². The first kappa shape index (κ1) is 17.4. The van der Waals surface area contributed by atoms with Crippen molar-refractivity contribution in [2.24, 2.45) is 0 Å². The van der Waals surface area contributed by atoms with Crippen LogP contribution in [0.1, 0.15) is 11.1 Å². The van der Waals surface area contributed by atoms with Crippen molar-refractivity contribution >= 4 is 11.8 Å². The second-order valence-electron chi connectivity index (χ2n) is 6.11. The molecule has 6 heteroatoms. The summed E-state index contributed by atoms with van der Waals surface area (Å²) in [5.74, 6) is 0.877. The highest BCUT2D eigenvalue weighted by molar-refractivity contribution is 7.98. The Bertz CT molecular complexity index is 1050. The summed E-state index contributed by atoms with van der Waals surface area (Å²) in [4.78, 5) is 4.15. The number of nitrogens with zero attached hydrogens (tertiary/aromatic N) is 4. The van der Waals surface area contributed by atoms with Crippen LogP contribution in [0.15, 0.2) is 78.2 Å². The lowest BCUT2D eigenvalue weighted by atomic mass is 10.2. The third-order valence-corrected chi connectivity index (χ3v) is 5.13. The highest BCUT2D eigenvalue weighted by Gasteiger charge is 2.18. The Kier molecular flexibility index (Phi) is 4.98. The number of halogens is 1. The van der Waals surface area contributed by atoms with Crippen LogP contribution < -0.4 is 0 Å². The molecule has 0 radical (unpaired) electrons. The molecule has 4 aromatic rings. The first-order valence-electron chi connectivity index (χ1n) is 8.51. The molecule has 0 atom stereocenters. The SMILES string of the molecule is Cc1ccc(-n2c(SCc3cccnc3)nnc2-c2ccccc2F)cc1. The number of benzene rings is 2. The first-order valence-corrected chi connectivity index (χ1v) is 9.50. The van der Waals surface area contributed by atoms with Crippen molar-refractivity contribution in [3.8, 4) is 17.1 Å². The molecule has 0 aliphatic heterocycles. The molecule has 2 aromatic heterocycles. The molecule has 0 unspecified atom stereocenters. The molecule has 2 aromatic carbocycles. The van der Waals surface area contributed by atoms with Crippen LogP contribution in [0.2, 0.25) is 0 Å². The standard InChI is InChI=1S/C21H17FN4S/c1-15-8-10-17(11-9-15)26-20(18-6-2-3-7-19(18)22)24-25-21(26)27-14-16-5-4-12-23-13-16/h2-13H,14H2,1H3. The Morgan fingerprint density at radius 1 is 0.963 bits per heavy atom. The fourth-order valence-electron chi connectivity index (χ4n) is 2.74. The Hall–Kier alpha value is -2.99. The van der Waals surface area contributed by atoms with Gasteiger partial charge in [-0.1, -0.05) is 47.7 Å². The van der Waals surface area contributed by atoms with Crippen LogP contribution in [0.3, 0.4) is 0 Å². The molecule has 0 saturated carbocycles. The third kappa shape index (κ3) is 3.75. The summed E-state index contributed by atoms with van der Waals surface area (Å²) in [7, 11) is 0. The van der Waals surface area contributed by atoms with E-state index in [4.69, 9.17) is 0 Å². The van der Waals surface area contributed by atoms with Crippen LogP contribution in [0, 0.1) is 12.7 Å². The summed E-state index contributed by atoms with van der Waals surface area (Å²) in [5, 5.41) is 9.34. The zero-order valence-electron chi connectivity index (χ0n) is 14.7. The molecule has 0 spiro atoms. The summed E-state index contributed by atoms with van der Waals surface area (Å²) in [6.45, 7) is 2.03. The van der Waals surface area contributed by atoms with Crippen molar-refractivity contribution in [3.63, 3.8) is 0 Å². The van der Waals surface area contributed by atoms with E-state index < -0.39 is 0 Å². The largest absolute Gasteiger partial charge is 0.270 e.